The fraction of sp³-hybridized carbons (Fsp3) is 0.400. The second-order valence-electron chi connectivity index (χ2n) is 3.87. The minimum atomic E-state index is -0.559. The van der Waals surface area contributed by atoms with Gasteiger partial charge in [0.2, 0.25) is 0 Å². The first-order chi connectivity index (χ1) is 6.97. The molecule has 1 aliphatic heterocycles. The molecule has 5 nitrogen and oxygen atoms in total. The quantitative estimate of drug-likeness (QED) is 0.719. The normalized spacial score (nSPS) is 15.0. The molecule has 0 atom stereocenters. The number of aliphatic imine (C=N–C) groups is 1. The van der Waals surface area contributed by atoms with Crippen LogP contribution in [0.5, 0.6) is 0 Å². The van der Waals surface area contributed by atoms with Crippen molar-refractivity contribution in [3.05, 3.63) is 24.4 Å². The maximum atomic E-state index is 11.3. The highest BCUT2D eigenvalue weighted by molar-refractivity contribution is 5.74. The molecule has 1 amide bonds. The van der Waals surface area contributed by atoms with Crippen molar-refractivity contribution in [3.8, 4) is 0 Å². The number of carbonyl (C=O) groups excluding carboxylic acids is 1. The second-order valence-corrected chi connectivity index (χ2v) is 3.87. The summed E-state index contributed by atoms with van der Waals surface area (Å²) in [6, 6.07) is 0. The molecule has 15 heavy (non-hydrogen) atoms. The van der Waals surface area contributed by atoms with Gasteiger partial charge in [-0.25, -0.2) is 9.79 Å². The molecule has 0 aliphatic carbocycles. The van der Waals surface area contributed by atoms with Gasteiger partial charge in [-0.1, -0.05) is 0 Å². The van der Waals surface area contributed by atoms with Crippen molar-refractivity contribution in [1.82, 2.24) is 5.32 Å². The molecule has 0 radical (unpaired) electrons. The van der Waals surface area contributed by atoms with Gasteiger partial charge in [0.05, 0.1) is 6.26 Å². The Kier molecular flexibility index (Phi) is 3.49. The molecule has 0 spiro atoms. The summed E-state index contributed by atoms with van der Waals surface area (Å²) in [6.45, 7) is 5.36. The van der Waals surface area contributed by atoms with Gasteiger partial charge in [0, 0.05) is 6.21 Å². The Morgan fingerprint density at radius 1 is 1.53 bits per heavy atom. The molecule has 1 heterocycles. The minimum Gasteiger partial charge on any atom is -0.469 e. The average molecular weight is 210 g/mol. The maximum absolute atomic E-state index is 11.3. The van der Waals surface area contributed by atoms with Crippen molar-refractivity contribution >= 4 is 12.3 Å². The van der Waals surface area contributed by atoms with Gasteiger partial charge in [-0.15, -0.1) is 0 Å². The summed E-state index contributed by atoms with van der Waals surface area (Å²) in [5, 5.41) is 2.45. The average Bonchev–Trinajstić information content (AvgIpc) is 2.28. The predicted octanol–water partition coefficient (Wildman–Crippen LogP) is 1.92. The van der Waals surface area contributed by atoms with Crippen molar-refractivity contribution in [2.75, 3.05) is 0 Å². The molecule has 82 valence electrons. The van der Waals surface area contributed by atoms with Crippen LogP contribution < -0.4 is 5.32 Å². The predicted molar refractivity (Wildman–Crippen MR) is 56.2 cm³/mol. The molecule has 0 saturated carbocycles. The van der Waals surface area contributed by atoms with Crippen LogP contribution in [0.4, 0.5) is 4.79 Å². The third kappa shape index (κ3) is 4.85. The Bertz CT molecular complexity index is 324. The van der Waals surface area contributed by atoms with E-state index >= 15 is 0 Å². The lowest BCUT2D eigenvalue weighted by molar-refractivity contribution is 0.0544. The number of nitrogens with zero attached hydrogens (tertiary/aromatic N) is 1. The minimum absolute atomic E-state index is 0.300. The summed E-state index contributed by atoms with van der Waals surface area (Å²) >= 11 is 0. The van der Waals surface area contributed by atoms with E-state index in [1.165, 1.54) is 18.7 Å². The van der Waals surface area contributed by atoms with E-state index in [0.29, 0.717) is 5.82 Å². The fourth-order valence-corrected chi connectivity index (χ4v) is 0.808. The van der Waals surface area contributed by atoms with Crippen molar-refractivity contribution in [3.63, 3.8) is 0 Å². The number of hydrogen-bond donors (Lipinski definition) is 1. The Hall–Kier alpha value is -1.78. The van der Waals surface area contributed by atoms with E-state index in [1.807, 2.05) is 0 Å². The lowest BCUT2D eigenvalue weighted by Gasteiger charge is -2.19. The first-order valence-electron chi connectivity index (χ1n) is 4.52. The van der Waals surface area contributed by atoms with Crippen LogP contribution in [-0.4, -0.2) is 17.9 Å². The van der Waals surface area contributed by atoms with Gasteiger partial charge >= 0.3 is 6.09 Å². The topological polar surface area (TPSA) is 59.9 Å². The number of carbonyl (C=O) groups is 1. The Morgan fingerprint density at radius 3 is 2.93 bits per heavy atom. The van der Waals surface area contributed by atoms with E-state index in [-0.39, 0.29) is 0 Å². The standard InChI is InChI=1S/C10H14N2O3/c1-10(2,3)15-9(13)12-8-7-14-6-4-5-11-8/h4-7H,1-3H3,(H,12,13). The van der Waals surface area contributed by atoms with Crippen LogP contribution in [0, 0.1) is 0 Å². The molecule has 5 heteroatoms. The largest absolute Gasteiger partial charge is 0.469 e. The third-order valence-corrected chi connectivity index (χ3v) is 1.27. The van der Waals surface area contributed by atoms with Crippen molar-refractivity contribution in [1.29, 1.82) is 0 Å². The van der Waals surface area contributed by atoms with Crippen molar-refractivity contribution < 1.29 is 14.3 Å². The van der Waals surface area contributed by atoms with Crippen molar-refractivity contribution in [2.24, 2.45) is 4.99 Å². The van der Waals surface area contributed by atoms with E-state index in [2.05, 4.69) is 10.3 Å². The number of hydrogen-bond acceptors (Lipinski definition) is 4. The molecule has 1 aliphatic rings. The molecular formula is C10H14N2O3. The van der Waals surface area contributed by atoms with Crippen LogP contribution >= 0.6 is 0 Å². The Balaban J connectivity index is 2.48. The first-order valence-corrected chi connectivity index (χ1v) is 4.52. The number of amides is 1. The van der Waals surface area contributed by atoms with Gasteiger partial charge in [-0.3, -0.25) is 5.32 Å². The van der Waals surface area contributed by atoms with Gasteiger partial charge in [-0.2, -0.15) is 0 Å². The number of nitrogens with one attached hydrogen (secondary N) is 1. The van der Waals surface area contributed by atoms with Crippen LogP contribution in [0.1, 0.15) is 20.8 Å². The highest BCUT2D eigenvalue weighted by atomic mass is 16.6. The molecule has 0 bridgehead atoms. The molecule has 1 N–H and O–H groups in total. The van der Waals surface area contributed by atoms with Gasteiger partial charge in [0.15, 0.2) is 5.82 Å². The molecule has 0 unspecified atom stereocenters. The Labute approximate surface area is 88.5 Å². The summed E-state index contributed by atoms with van der Waals surface area (Å²) in [4.78, 5) is 15.2. The number of allylic oxidation sites excluding steroid dienone is 1. The van der Waals surface area contributed by atoms with Crippen LogP contribution in [0.15, 0.2) is 29.4 Å². The molecule has 0 aromatic heterocycles. The lowest BCUT2D eigenvalue weighted by atomic mass is 10.2. The van der Waals surface area contributed by atoms with E-state index in [0.717, 1.165) is 0 Å². The van der Waals surface area contributed by atoms with Gasteiger partial charge in [-0.05, 0) is 26.8 Å². The van der Waals surface area contributed by atoms with Gasteiger partial charge in [0.1, 0.15) is 11.9 Å². The zero-order valence-corrected chi connectivity index (χ0v) is 8.98. The zero-order chi connectivity index (χ0) is 11.3. The van der Waals surface area contributed by atoms with Crippen molar-refractivity contribution in [2.45, 2.75) is 26.4 Å². The highest BCUT2D eigenvalue weighted by Crippen LogP contribution is 2.07. The molecular weight excluding hydrogens is 196 g/mol. The van der Waals surface area contributed by atoms with E-state index < -0.39 is 11.7 Å². The van der Waals surface area contributed by atoms with Crippen LogP contribution in [0.2, 0.25) is 0 Å². The van der Waals surface area contributed by atoms with Crippen LogP contribution in [-0.2, 0) is 9.47 Å². The second kappa shape index (κ2) is 4.63. The van der Waals surface area contributed by atoms with Crippen LogP contribution in [0.25, 0.3) is 0 Å². The zero-order valence-electron chi connectivity index (χ0n) is 8.98. The monoisotopic (exact) mass is 210 g/mol. The highest BCUT2D eigenvalue weighted by Gasteiger charge is 2.16. The first kappa shape index (κ1) is 11.3. The number of alkyl carbamates (subject to hydrolysis) is 1. The third-order valence-electron chi connectivity index (χ3n) is 1.27. The van der Waals surface area contributed by atoms with E-state index in [4.69, 9.17) is 9.47 Å². The lowest BCUT2D eigenvalue weighted by Crippen LogP contribution is -2.31. The SMILES string of the molecule is CC(C)(C)OC(=O)NC1=COC=CC=N1. The summed E-state index contributed by atoms with van der Waals surface area (Å²) in [5.41, 5.74) is -0.530. The van der Waals surface area contributed by atoms with Gasteiger partial charge < -0.3 is 9.47 Å². The number of rotatable bonds is 1. The summed E-state index contributed by atoms with van der Waals surface area (Å²) in [5.74, 6) is 0.300. The van der Waals surface area contributed by atoms with Crippen LogP contribution in [0.3, 0.4) is 0 Å². The molecule has 0 aromatic rings. The smallest absolute Gasteiger partial charge is 0.413 e. The molecule has 0 saturated heterocycles. The van der Waals surface area contributed by atoms with E-state index in [1.54, 1.807) is 26.8 Å². The fourth-order valence-electron chi connectivity index (χ4n) is 0.808. The molecule has 0 aromatic carbocycles. The summed E-state index contributed by atoms with van der Waals surface area (Å²) in [6.07, 6.45) is 5.34. The molecule has 0 fully saturated rings. The number of ether oxygens (including phenoxy) is 2. The maximum Gasteiger partial charge on any atom is 0.413 e. The Morgan fingerprint density at radius 2 is 2.27 bits per heavy atom. The molecule has 1 rings (SSSR count). The summed E-state index contributed by atoms with van der Waals surface area (Å²) < 4.78 is 9.94. The van der Waals surface area contributed by atoms with E-state index in [9.17, 15) is 4.79 Å². The summed E-state index contributed by atoms with van der Waals surface area (Å²) in [7, 11) is 0. The van der Waals surface area contributed by atoms with Gasteiger partial charge in [0.25, 0.3) is 0 Å².